The first-order valence-corrected chi connectivity index (χ1v) is 5.31. The van der Waals surface area contributed by atoms with Gasteiger partial charge in [-0.05, 0) is 29.3 Å². The number of aliphatic imine (C=N–C) groups is 1. The summed E-state index contributed by atoms with van der Waals surface area (Å²) < 4.78 is 6.71. The number of hydrogen-bond donors (Lipinski definition) is 0. The van der Waals surface area contributed by atoms with Crippen molar-refractivity contribution in [1.82, 2.24) is 5.27 Å². The molecular formula is C8H11N3O2S. The van der Waals surface area contributed by atoms with Crippen molar-refractivity contribution in [2.45, 2.75) is 37.1 Å². The van der Waals surface area contributed by atoms with Gasteiger partial charge in [0.1, 0.15) is 0 Å². The SMILES string of the molecule is CC1Sc2c(on[n+]2C(C)C)N=C1[O-]. The second-order valence-electron chi connectivity index (χ2n) is 3.43. The van der Waals surface area contributed by atoms with E-state index >= 15 is 0 Å². The molecule has 6 heteroatoms. The summed E-state index contributed by atoms with van der Waals surface area (Å²) in [6.07, 6.45) is 0. The molecule has 1 unspecified atom stereocenters. The van der Waals surface area contributed by atoms with Gasteiger partial charge in [-0.25, -0.2) is 4.99 Å². The van der Waals surface area contributed by atoms with Gasteiger partial charge in [-0.2, -0.15) is 0 Å². The van der Waals surface area contributed by atoms with Crippen LogP contribution in [0, 0.1) is 0 Å². The Balaban J connectivity index is 2.46. The fourth-order valence-electron chi connectivity index (χ4n) is 1.17. The lowest BCUT2D eigenvalue weighted by Crippen LogP contribution is -2.41. The minimum absolute atomic E-state index is 0.146. The molecule has 0 radical (unpaired) electrons. The van der Waals surface area contributed by atoms with Crippen molar-refractivity contribution in [3.63, 3.8) is 0 Å². The van der Waals surface area contributed by atoms with Crippen molar-refractivity contribution in [3.05, 3.63) is 0 Å². The monoisotopic (exact) mass is 213 g/mol. The van der Waals surface area contributed by atoms with Crippen LogP contribution in [-0.2, 0) is 0 Å². The molecule has 5 nitrogen and oxygen atoms in total. The highest BCUT2D eigenvalue weighted by molar-refractivity contribution is 8.00. The molecule has 0 aliphatic carbocycles. The molecule has 1 aromatic rings. The molecule has 0 fully saturated rings. The number of hydrogen-bond acceptors (Lipinski definition) is 5. The Morgan fingerprint density at radius 1 is 1.57 bits per heavy atom. The predicted molar refractivity (Wildman–Crippen MR) is 49.5 cm³/mol. The van der Waals surface area contributed by atoms with E-state index in [9.17, 15) is 5.11 Å². The second kappa shape index (κ2) is 3.27. The molecule has 2 heterocycles. The molecule has 76 valence electrons. The van der Waals surface area contributed by atoms with Gasteiger partial charge >= 0.3 is 10.9 Å². The van der Waals surface area contributed by atoms with Crippen LogP contribution in [0.2, 0.25) is 0 Å². The highest BCUT2D eigenvalue weighted by Crippen LogP contribution is 2.34. The van der Waals surface area contributed by atoms with E-state index in [-0.39, 0.29) is 17.2 Å². The predicted octanol–water partition coefficient (Wildman–Crippen LogP) is 0.427. The van der Waals surface area contributed by atoms with E-state index in [1.54, 1.807) is 4.68 Å². The van der Waals surface area contributed by atoms with Gasteiger partial charge in [-0.15, -0.1) is 0 Å². The Kier molecular flexibility index (Phi) is 2.22. The Morgan fingerprint density at radius 3 is 2.93 bits per heavy atom. The molecule has 1 aliphatic rings. The quantitative estimate of drug-likeness (QED) is 0.634. The minimum Gasteiger partial charge on any atom is -0.861 e. The van der Waals surface area contributed by atoms with Crippen LogP contribution in [0.1, 0.15) is 26.8 Å². The Bertz CT molecular complexity index is 386. The topological polar surface area (TPSA) is 65.3 Å². The fourth-order valence-corrected chi connectivity index (χ4v) is 2.19. The summed E-state index contributed by atoms with van der Waals surface area (Å²) in [5.41, 5.74) is 0. The first kappa shape index (κ1) is 9.51. The number of rotatable bonds is 1. The van der Waals surface area contributed by atoms with E-state index < -0.39 is 0 Å². The summed E-state index contributed by atoms with van der Waals surface area (Å²) >= 11 is 1.44. The summed E-state index contributed by atoms with van der Waals surface area (Å²) in [6.45, 7) is 5.84. The van der Waals surface area contributed by atoms with Crippen LogP contribution in [-0.4, -0.2) is 16.4 Å². The van der Waals surface area contributed by atoms with Gasteiger partial charge < -0.3 is 5.11 Å². The van der Waals surface area contributed by atoms with Gasteiger partial charge in [-0.3, -0.25) is 4.52 Å². The van der Waals surface area contributed by atoms with Crippen molar-refractivity contribution in [3.8, 4) is 0 Å². The molecule has 2 rings (SSSR count). The molecule has 0 spiro atoms. The third-order valence-electron chi connectivity index (χ3n) is 1.94. The minimum atomic E-state index is -0.158. The molecule has 0 amide bonds. The van der Waals surface area contributed by atoms with Crippen LogP contribution >= 0.6 is 11.8 Å². The maximum Gasteiger partial charge on any atom is 0.335 e. The molecule has 1 atom stereocenters. The van der Waals surface area contributed by atoms with Crippen LogP contribution in [0.5, 0.6) is 0 Å². The van der Waals surface area contributed by atoms with Gasteiger partial charge in [0.2, 0.25) is 5.27 Å². The lowest BCUT2D eigenvalue weighted by molar-refractivity contribution is -0.809. The number of thioether (sulfide) groups is 1. The van der Waals surface area contributed by atoms with Gasteiger partial charge in [0.25, 0.3) is 0 Å². The van der Waals surface area contributed by atoms with Crippen LogP contribution in [0.3, 0.4) is 0 Å². The first-order chi connectivity index (χ1) is 6.59. The second-order valence-corrected chi connectivity index (χ2v) is 4.76. The maximum atomic E-state index is 11.3. The van der Waals surface area contributed by atoms with Crippen molar-refractivity contribution in [2.75, 3.05) is 0 Å². The van der Waals surface area contributed by atoms with E-state index in [1.165, 1.54) is 11.8 Å². The molecule has 0 aromatic carbocycles. The molecule has 1 aromatic heterocycles. The number of fused-ring (bicyclic) bond motifs is 1. The lowest BCUT2D eigenvalue weighted by Gasteiger charge is -2.18. The third-order valence-corrected chi connectivity index (χ3v) is 3.08. The fraction of sp³-hybridized carbons (Fsp3) is 0.625. The summed E-state index contributed by atoms with van der Waals surface area (Å²) in [7, 11) is 0. The zero-order valence-corrected chi connectivity index (χ0v) is 9.04. The molecular weight excluding hydrogens is 202 g/mol. The average molecular weight is 213 g/mol. The summed E-state index contributed by atoms with van der Waals surface area (Å²) in [4.78, 5) is 3.82. The van der Waals surface area contributed by atoms with Gasteiger partial charge in [0.05, 0.1) is 0 Å². The van der Waals surface area contributed by atoms with Gasteiger partial charge in [0, 0.05) is 19.1 Å². The van der Waals surface area contributed by atoms with Crippen LogP contribution < -0.4 is 9.79 Å². The lowest BCUT2D eigenvalue weighted by atomic mass is 10.4. The van der Waals surface area contributed by atoms with Gasteiger partial charge in [0.15, 0.2) is 6.04 Å². The average Bonchev–Trinajstić information content (AvgIpc) is 2.48. The zero-order valence-electron chi connectivity index (χ0n) is 8.22. The van der Waals surface area contributed by atoms with Crippen molar-refractivity contribution >= 4 is 23.5 Å². The van der Waals surface area contributed by atoms with Crippen molar-refractivity contribution < 1.29 is 14.3 Å². The Hall–Kier alpha value is -1.04. The van der Waals surface area contributed by atoms with Crippen LogP contribution in [0.15, 0.2) is 14.5 Å². The first-order valence-electron chi connectivity index (χ1n) is 4.43. The summed E-state index contributed by atoms with van der Waals surface area (Å²) in [5.74, 6) is 0.182. The van der Waals surface area contributed by atoms with E-state index in [4.69, 9.17) is 4.52 Å². The highest BCUT2D eigenvalue weighted by atomic mass is 32.2. The highest BCUT2D eigenvalue weighted by Gasteiger charge is 2.32. The standard InChI is InChI=1S/C8H11N3O2S/c1-4(2)11-8-7(13-10-11)9-6(12)5(3)14-8/h4-5H,1-3H3. The van der Waals surface area contributed by atoms with Crippen LogP contribution in [0.4, 0.5) is 5.88 Å². The molecule has 0 bridgehead atoms. The Morgan fingerprint density at radius 2 is 2.29 bits per heavy atom. The molecule has 0 N–H and O–H groups in total. The molecule has 1 aliphatic heterocycles. The Labute approximate surface area is 85.8 Å². The van der Waals surface area contributed by atoms with E-state index in [0.29, 0.717) is 5.88 Å². The van der Waals surface area contributed by atoms with E-state index in [1.807, 2.05) is 20.8 Å². The van der Waals surface area contributed by atoms with Crippen molar-refractivity contribution in [1.29, 1.82) is 0 Å². The van der Waals surface area contributed by atoms with Gasteiger partial charge in [-0.1, -0.05) is 0 Å². The van der Waals surface area contributed by atoms with E-state index in [2.05, 4.69) is 10.3 Å². The van der Waals surface area contributed by atoms with Crippen LogP contribution in [0.25, 0.3) is 0 Å². The number of aromatic nitrogens is 2. The number of nitrogens with zero attached hydrogens (tertiary/aromatic N) is 3. The normalized spacial score (nSPS) is 20.9. The zero-order chi connectivity index (χ0) is 10.3. The van der Waals surface area contributed by atoms with Crippen molar-refractivity contribution in [2.24, 2.45) is 4.99 Å². The third kappa shape index (κ3) is 1.39. The maximum absolute atomic E-state index is 11.3. The summed E-state index contributed by atoms with van der Waals surface area (Å²) in [6, 6.07) is 0.214. The smallest absolute Gasteiger partial charge is 0.335 e. The molecule has 0 saturated heterocycles. The largest absolute Gasteiger partial charge is 0.861 e. The molecule has 14 heavy (non-hydrogen) atoms. The summed E-state index contributed by atoms with van der Waals surface area (Å²) in [5, 5.41) is 15.8. The molecule has 0 saturated carbocycles. The van der Waals surface area contributed by atoms with E-state index in [0.717, 1.165) is 5.03 Å².